The van der Waals surface area contributed by atoms with E-state index in [9.17, 15) is 9.59 Å². The number of carbonyl (C=O) groups excluding carboxylic acids is 2. The van der Waals surface area contributed by atoms with Gasteiger partial charge in [0.15, 0.2) is 0 Å². The molecule has 102 valence electrons. The second-order valence-electron chi connectivity index (χ2n) is 5.47. The highest BCUT2D eigenvalue weighted by molar-refractivity contribution is 5.90. The lowest BCUT2D eigenvalue weighted by Crippen LogP contribution is -2.42. The molecule has 1 heterocycles. The number of hydrogen-bond acceptors (Lipinski definition) is 2. The lowest BCUT2D eigenvalue weighted by atomic mass is 9.97. The number of carbonyl (C=O) groups is 2. The maximum absolute atomic E-state index is 12.1. The van der Waals surface area contributed by atoms with Crippen molar-refractivity contribution in [1.82, 2.24) is 9.80 Å². The van der Waals surface area contributed by atoms with Gasteiger partial charge in [-0.1, -0.05) is 20.4 Å². The fraction of sp³-hybridized carbons (Fsp3) is 0.714. The van der Waals surface area contributed by atoms with Crippen molar-refractivity contribution in [3.8, 4) is 0 Å². The van der Waals surface area contributed by atoms with Crippen LogP contribution in [0.15, 0.2) is 12.7 Å². The first-order valence-corrected chi connectivity index (χ1v) is 6.59. The maximum Gasteiger partial charge on any atom is 0.246 e. The first kappa shape index (κ1) is 14.7. The molecule has 0 aromatic heterocycles. The molecule has 4 heteroatoms. The number of amides is 2. The summed E-state index contributed by atoms with van der Waals surface area (Å²) < 4.78 is 0. The van der Waals surface area contributed by atoms with E-state index in [1.165, 1.54) is 17.4 Å². The summed E-state index contributed by atoms with van der Waals surface area (Å²) in [4.78, 5) is 26.8. The molecule has 0 bridgehead atoms. The Hall–Kier alpha value is -1.32. The fourth-order valence-electron chi connectivity index (χ4n) is 2.49. The summed E-state index contributed by atoms with van der Waals surface area (Å²) in [5.41, 5.74) is 0. The molecule has 0 aliphatic carbocycles. The number of likely N-dealkylation sites (N-methyl/N-ethyl adjacent to an activating group) is 1. The van der Waals surface area contributed by atoms with Gasteiger partial charge in [0.25, 0.3) is 0 Å². The standard InChI is InChI=1S/C14H24N2O2/c1-5-13(17)15(4)10-14(18)16-7-6-11(2)8-12(3)9-16/h5,11-12H,1,6-10H2,2-4H3/t11-,12-/m1/s1. The molecule has 4 nitrogen and oxygen atoms in total. The summed E-state index contributed by atoms with van der Waals surface area (Å²) in [6.07, 6.45) is 3.46. The van der Waals surface area contributed by atoms with E-state index in [-0.39, 0.29) is 18.4 Å². The minimum Gasteiger partial charge on any atom is -0.341 e. The van der Waals surface area contributed by atoms with E-state index in [2.05, 4.69) is 20.4 Å². The molecule has 0 spiro atoms. The highest BCUT2D eigenvalue weighted by Gasteiger charge is 2.23. The average Bonchev–Trinajstić information content (AvgIpc) is 2.48. The zero-order chi connectivity index (χ0) is 13.7. The third-order valence-corrected chi connectivity index (χ3v) is 3.50. The summed E-state index contributed by atoms with van der Waals surface area (Å²) in [6, 6.07) is 0. The van der Waals surface area contributed by atoms with Crippen LogP contribution < -0.4 is 0 Å². The monoisotopic (exact) mass is 252 g/mol. The number of nitrogens with zero attached hydrogens (tertiary/aromatic N) is 2. The summed E-state index contributed by atoms with van der Waals surface area (Å²) in [6.45, 7) is 9.59. The third kappa shape index (κ3) is 4.17. The maximum atomic E-state index is 12.1. The number of hydrogen-bond donors (Lipinski definition) is 0. The van der Waals surface area contributed by atoms with Crippen molar-refractivity contribution >= 4 is 11.8 Å². The molecule has 0 radical (unpaired) electrons. The molecule has 2 atom stereocenters. The van der Waals surface area contributed by atoms with Gasteiger partial charge < -0.3 is 9.80 Å². The zero-order valence-corrected chi connectivity index (χ0v) is 11.7. The van der Waals surface area contributed by atoms with E-state index in [0.717, 1.165) is 19.5 Å². The first-order valence-electron chi connectivity index (χ1n) is 6.59. The smallest absolute Gasteiger partial charge is 0.246 e. The molecule has 0 aromatic rings. The Morgan fingerprint density at radius 2 is 2.06 bits per heavy atom. The predicted octanol–water partition coefficient (Wildman–Crippen LogP) is 1.53. The van der Waals surface area contributed by atoms with Crippen molar-refractivity contribution in [3.05, 3.63) is 12.7 Å². The lowest BCUT2D eigenvalue weighted by molar-refractivity contribution is -0.137. The van der Waals surface area contributed by atoms with Crippen molar-refractivity contribution < 1.29 is 9.59 Å². The summed E-state index contributed by atoms with van der Waals surface area (Å²) in [5, 5.41) is 0. The van der Waals surface area contributed by atoms with Gasteiger partial charge in [-0.25, -0.2) is 0 Å². The van der Waals surface area contributed by atoms with Crippen LogP contribution in [0.3, 0.4) is 0 Å². The SMILES string of the molecule is C=CC(=O)N(C)CC(=O)N1CC[C@@H](C)C[C@@H](C)C1. The van der Waals surface area contributed by atoms with E-state index >= 15 is 0 Å². The van der Waals surface area contributed by atoms with Gasteiger partial charge in [0.1, 0.15) is 0 Å². The van der Waals surface area contributed by atoms with Crippen molar-refractivity contribution in [2.75, 3.05) is 26.7 Å². The summed E-state index contributed by atoms with van der Waals surface area (Å²) in [5.74, 6) is 1.03. The predicted molar refractivity (Wildman–Crippen MR) is 72.0 cm³/mol. The summed E-state index contributed by atoms with van der Waals surface area (Å²) in [7, 11) is 1.63. The largest absolute Gasteiger partial charge is 0.341 e. The first-order chi connectivity index (χ1) is 8.43. The highest BCUT2D eigenvalue weighted by atomic mass is 16.2. The Bertz CT molecular complexity index is 328. The summed E-state index contributed by atoms with van der Waals surface area (Å²) >= 11 is 0. The Morgan fingerprint density at radius 3 is 2.67 bits per heavy atom. The van der Waals surface area contributed by atoms with Crippen molar-refractivity contribution in [2.45, 2.75) is 26.7 Å². The van der Waals surface area contributed by atoms with Crippen molar-refractivity contribution in [3.63, 3.8) is 0 Å². The Morgan fingerprint density at radius 1 is 1.39 bits per heavy atom. The van der Waals surface area contributed by atoms with Gasteiger partial charge in [-0.05, 0) is 30.8 Å². The highest BCUT2D eigenvalue weighted by Crippen LogP contribution is 2.21. The molecule has 0 saturated carbocycles. The Labute approximate surface area is 110 Å². The Kier molecular flexibility index (Phi) is 5.38. The molecule has 1 aliphatic heterocycles. The van der Waals surface area contributed by atoms with Crippen LogP contribution in [0.25, 0.3) is 0 Å². The van der Waals surface area contributed by atoms with Crippen LogP contribution in [0, 0.1) is 11.8 Å². The van der Waals surface area contributed by atoms with Crippen molar-refractivity contribution in [1.29, 1.82) is 0 Å². The molecule has 1 fully saturated rings. The molecule has 1 rings (SSSR count). The van der Waals surface area contributed by atoms with E-state index in [1.807, 2.05) is 4.90 Å². The van der Waals surface area contributed by atoms with Gasteiger partial charge in [0, 0.05) is 20.1 Å². The molecule has 0 aromatic carbocycles. The molecular weight excluding hydrogens is 228 g/mol. The zero-order valence-electron chi connectivity index (χ0n) is 11.7. The van der Waals surface area contributed by atoms with E-state index < -0.39 is 0 Å². The number of rotatable bonds is 3. The van der Waals surface area contributed by atoms with Crippen LogP contribution in [0.1, 0.15) is 26.7 Å². The van der Waals surface area contributed by atoms with Gasteiger partial charge in [-0.3, -0.25) is 9.59 Å². The molecule has 2 amide bonds. The van der Waals surface area contributed by atoms with E-state index in [1.54, 1.807) is 7.05 Å². The second kappa shape index (κ2) is 6.57. The van der Waals surface area contributed by atoms with Crippen LogP contribution in [-0.4, -0.2) is 48.3 Å². The minimum absolute atomic E-state index is 0.0358. The van der Waals surface area contributed by atoms with Crippen LogP contribution in [0.5, 0.6) is 0 Å². The van der Waals surface area contributed by atoms with Gasteiger partial charge in [0.05, 0.1) is 6.54 Å². The third-order valence-electron chi connectivity index (χ3n) is 3.50. The quantitative estimate of drug-likeness (QED) is 0.715. The molecule has 18 heavy (non-hydrogen) atoms. The van der Waals surface area contributed by atoms with Crippen LogP contribution in [0.2, 0.25) is 0 Å². The Balaban J connectivity index is 2.55. The van der Waals surface area contributed by atoms with Crippen LogP contribution in [0.4, 0.5) is 0 Å². The van der Waals surface area contributed by atoms with Gasteiger partial charge in [-0.2, -0.15) is 0 Å². The van der Waals surface area contributed by atoms with Crippen molar-refractivity contribution in [2.24, 2.45) is 11.8 Å². The topological polar surface area (TPSA) is 40.6 Å². The van der Waals surface area contributed by atoms with E-state index in [4.69, 9.17) is 0 Å². The minimum atomic E-state index is -0.209. The normalized spacial score (nSPS) is 24.3. The molecular formula is C14H24N2O2. The molecule has 0 unspecified atom stereocenters. The van der Waals surface area contributed by atoms with Gasteiger partial charge in [0.2, 0.25) is 11.8 Å². The second-order valence-corrected chi connectivity index (χ2v) is 5.47. The van der Waals surface area contributed by atoms with Gasteiger partial charge in [-0.15, -0.1) is 0 Å². The number of likely N-dealkylation sites (tertiary alicyclic amines) is 1. The van der Waals surface area contributed by atoms with E-state index in [0.29, 0.717) is 11.8 Å². The fourth-order valence-corrected chi connectivity index (χ4v) is 2.49. The van der Waals surface area contributed by atoms with Crippen LogP contribution in [-0.2, 0) is 9.59 Å². The van der Waals surface area contributed by atoms with Gasteiger partial charge >= 0.3 is 0 Å². The molecule has 1 saturated heterocycles. The average molecular weight is 252 g/mol. The lowest BCUT2D eigenvalue weighted by Gasteiger charge is -2.25. The van der Waals surface area contributed by atoms with Crippen LogP contribution >= 0.6 is 0 Å². The molecule has 0 N–H and O–H groups in total. The molecule has 1 aliphatic rings.